The van der Waals surface area contributed by atoms with E-state index in [9.17, 15) is 19.8 Å². The maximum absolute atomic E-state index is 12.7. The number of thioether (sulfide) groups is 1. The van der Waals surface area contributed by atoms with E-state index in [2.05, 4.69) is 60.0 Å². The van der Waals surface area contributed by atoms with Crippen molar-refractivity contribution in [3.63, 3.8) is 0 Å². The summed E-state index contributed by atoms with van der Waals surface area (Å²) in [6.07, 6.45) is 8.00. The van der Waals surface area contributed by atoms with Gasteiger partial charge in [0.1, 0.15) is 22.8 Å². The number of ketones is 2. The lowest BCUT2D eigenvalue weighted by Gasteiger charge is -2.30. The zero-order valence-electron chi connectivity index (χ0n) is 31.1. The van der Waals surface area contributed by atoms with E-state index in [0.717, 1.165) is 67.2 Å². The van der Waals surface area contributed by atoms with Crippen molar-refractivity contribution in [2.45, 2.75) is 107 Å². The summed E-state index contributed by atoms with van der Waals surface area (Å²) in [7, 11) is 0. The summed E-state index contributed by atoms with van der Waals surface area (Å²) < 4.78 is 1.54. The minimum absolute atomic E-state index is 0.0109. The largest absolute Gasteiger partial charge is 0.398 e. The molecule has 9 nitrogen and oxygen atoms in total. The SMILES string of the molecule is CC(C)(C)c1ccc(-n2nnnc2SCC(=O)Cc2ccc(C#CC3(O)CCC3)cc2Cl)c(Cl)c1.Nc1ccc(C#CC2(O)CCC2)cc1Cl.O=C1CCC1. The Morgan fingerprint density at radius 3 is 1.91 bits per heavy atom. The molecule has 288 valence electrons. The smallest absolute Gasteiger partial charge is 0.214 e. The quantitative estimate of drug-likeness (QED) is 0.0993. The second-order valence-electron chi connectivity index (χ2n) is 15.0. The lowest BCUT2D eigenvalue weighted by molar-refractivity contribution is -0.123. The molecule has 13 heteroatoms. The standard InChI is InChI=1S/C26H26Cl2N4O2S.C12H12ClNO.C4H6O/c1-25(2,3)19-7-8-23(22(28)15-19)32-24(29-30-31-32)35-16-20(33)14-18-6-5-17(13-21(18)27)9-12-26(34)10-4-11-26;13-10-8-9(2-3-11(10)14)4-7-12(15)5-1-6-12;5-4-2-1-3-4/h5-8,13,15,34H,4,10-11,14,16H2,1-3H3;2-3,8,15H,1,5-6,14H2;1-3H2. The third kappa shape index (κ3) is 12.1. The van der Waals surface area contributed by atoms with Crippen LogP contribution in [0.2, 0.25) is 15.1 Å². The van der Waals surface area contributed by atoms with Gasteiger partial charge in [0.2, 0.25) is 5.16 Å². The highest BCUT2D eigenvalue weighted by atomic mass is 35.5. The zero-order valence-corrected chi connectivity index (χ0v) is 34.2. The fourth-order valence-corrected chi connectivity index (χ4v) is 6.75. The second-order valence-corrected chi connectivity index (χ2v) is 17.2. The summed E-state index contributed by atoms with van der Waals surface area (Å²) in [4.78, 5) is 22.6. The number of tetrazole rings is 1. The van der Waals surface area contributed by atoms with E-state index in [0.29, 0.717) is 50.2 Å². The molecular formula is C42H44Cl3N5O4S. The monoisotopic (exact) mass is 819 g/mol. The Morgan fingerprint density at radius 2 is 1.44 bits per heavy atom. The van der Waals surface area contributed by atoms with E-state index in [1.807, 2.05) is 24.3 Å². The van der Waals surface area contributed by atoms with Gasteiger partial charge >= 0.3 is 0 Å². The van der Waals surface area contributed by atoms with Gasteiger partial charge < -0.3 is 15.9 Å². The second kappa shape index (κ2) is 18.4. The Morgan fingerprint density at radius 1 is 0.855 bits per heavy atom. The van der Waals surface area contributed by atoms with Crippen molar-refractivity contribution >= 4 is 63.8 Å². The van der Waals surface area contributed by atoms with Crippen molar-refractivity contribution in [1.29, 1.82) is 0 Å². The molecule has 1 aromatic heterocycles. The van der Waals surface area contributed by atoms with Crippen molar-refractivity contribution in [2.75, 3.05) is 11.5 Å². The Hall–Kier alpha value is -3.87. The van der Waals surface area contributed by atoms with Crippen LogP contribution in [0.4, 0.5) is 5.69 Å². The summed E-state index contributed by atoms with van der Waals surface area (Å²) in [6.45, 7) is 6.36. The molecule has 3 fully saturated rings. The molecule has 0 aliphatic heterocycles. The summed E-state index contributed by atoms with van der Waals surface area (Å²) in [5.74, 6) is 12.3. The van der Waals surface area contributed by atoms with Crippen molar-refractivity contribution in [1.82, 2.24) is 20.2 Å². The molecule has 0 spiro atoms. The maximum atomic E-state index is 12.7. The number of hydrogen-bond donors (Lipinski definition) is 3. The van der Waals surface area contributed by atoms with E-state index in [1.54, 1.807) is 35.0 Å². The first-order chi connectivity index (χ1) is 26.0. The Balaban J connectivity index is 0.000000236. The molecule has 0 amide bonds. The topological polar surface area (TPSA) is 144 Å². The number of aliphatic hydroxyl groups is 2. The van der Waals surface area contributed by atoms with Gasteiger partial charge in [-0.3, -0.25) is 9.59 Å². The summed E-state index contributed by atoms with van der Waals surface area (Å²) >= 11 is 20.0. The summed E-state index contributed by atoms with van der Waals surface area (Å²) in [5.41, 5.74) is 8.45. The minimum atomic E-state index is -0.868. The van der Waals surface area contributed by atoms with E-state index >= 15 is 0 Å². The fraction of sp³-hybridized carbons (Fsp3) is 0.405. The van der Waals surface area contributed by atoms with Crippen LogP contribution in [0.25, 0.3) is 5.69 Å². The van der Waals surface area contributed by atoms with Crippen LogP contribution in [0, 0.1) is 23.7 Å². The molecule has 0 atom stereocenters. The van der Waals surface area contributed by atoms with Crippen molar-refractivity contribution < 1.29 is 19.8 Å². The number of hydrogen-bond acceptors (Lipinski definition) is 9. The number of nitrogens with zero attached hydrogens (tertiary/aromatic N) is 4. The van der Waals surface area contributed by atoms with Crippen LogP contribution in [0.15, 0.2) is 59.8 Å². The molecule has 55 heavy (non-hydrogen) atoms. The summed E-state index contributed by atoms with van der Waals surface area (Å²) in [6, 6.07) is 16.4. The minimum Gasteiger partial charge on any atom is -0.398 e. The Bertz CT molecular complexity index is 2160. The summed E-state index contributed by atoms with van der Waals surface area (Å²) in [5, 5.41) is 33.8. The predicted octanol–water partition coefficient (Wildman–Crippen LogP) is 8.37. The molecule has 3 saturated carbocycles. The highest BCUT2D eigenvalue weighted by Gasteiger charge is 2.32. The van der Waals surface area contributed by atoms with E-state index in [1.165, 1.54) is 11.8 Å². The van der Waals surface area contributed by atoms with E-state index in [4.69, 9.17) is 40.5 Å². The average Bonchev–Trinajstić information content (AvgIpc) is 3.57. The van der Waals surface area contributed by atoms with Crippen LogP contribution < -0.4 is 5.73 Å². The van der Waals surface area contributed by atoms with Gasteiger partial charge in [0.05, 0.1) is 27.2 Å². The number of benzene rings is 3. The average molecular weight is 821 g/mol. The van der Waals surface area contributed by atoms with Crippen molar-refractivity contribution in [3.8, 4) is 29.4 Å². The van der Waals surface area contributed by atoms with Gasteiger partial charge in [-0.15, -0.1) is 5.10 Å². The van der Waals surface area contributed by atoms with Crippen molar-refractivity contribution in [3.05, 3.63) is 91.9 Å². The molecule has 3 aliphatic carbocycles. The molecule has 0 bridgehead atoms. The van der Waals surface area contributed by atoms with Gasteiger partial charge in [0.25, 0.3) is 0 Å². The van der Waals surface area contributed by atoms with Gasteiger partial charge in [0, 0.05) is 35.4 Å². The molecule has 4 N–H and O–H groups in total. The fourth-order valence-electron chi connectivity index (χ4n) is 5.32. The highest BCUT2D eigenvalue weighted by molar-refractivity contribution is 7.99. The Kier molecular flexibility index (Phi) is 14.1. The third-order valence-corrected chi connectivity index (χ3v) is 11.4. The number of rotatable bonds is 6. The number of Topliss-reactive ketones (excluding diaryl/α,β-unsaturated/α-hetero) is 2. The predicted molar refractivity (Wildman–Crippen MR) is 220 cm³/mol. The lowest BCUT2D eigenvalue weighted by Crippen LogP contribution is -2.34. The number of nitrogens with two attached hydrogens (primary N) is 1. The first-order valence-corrected chi connectivity index (χ1v) is 20.2. The molecule has 0 radical (unpaired) electrons. The van der Waals surface area contributed by atoms with E-state index in [-0.39, 0.29) is 23.4 Å². The van der Waals surface area contributed by atoms with Crippen molar-refractivity contribution in [2.24, 2.45) is 0 Å². The normalized spacial score (nSPS) is 16.1. The van der Waals surface area contributed by atoms with Crippen LogP contribution in [-0.2, 0) is 21.4 Å². The number of carbonyl (C=O) groups is 2. The molecule has 0 saturated heterocycles. The highest BCUT2D eigenvalue weighted by Crippen LogP contribution is 2.33. The molecule has 3 aliphatic rings. The van der Waals surface area contributed by atoms with Crippen LogP contribution in [0.1, 0.15) is 101 Å². The van der Waals surface area contributed by atoms with Crippen LogP contribution >= 0.6 is 46.6 Å². The van der Waals surface area contributed by atoms with Crippen LogP contribution in [-0.4, -0.2) is 58.9 Å². The Labute approximate surface area is 341 Å². The molecule has 3 aromatic carbocycles. The van der Waals surface area contributed by atoms with Gasteiger partial charge in [-0.25, -0.2) is 0 Å². The molecule has 4 aromatic rings. The first kappa shape index (κ1) is 42.3. The lowest BCUT2D eigenvalue weighted by atomic mass is 9.81. The van der Waals surface area contributed by atoms with Gasteiger partial charge in [-0.2, -0.15) is 4.68 Å². The third-order valence-electron chi connectivity index (χ3n) is 9.44. The zero-order chi connectivity index (χ0) is 39.8. The molecule has 7 rings (SSSR count). The first-order valence-electron chi connectivity index (χ1n) is 18.1. The number of halogens is 3. The molecular weight excluding hydrogens is 777 g/mol. The number of carbonyl (C=O) groups excluding carboxylic acids is 2. The van der Waals surface area contributed by atoms with Gasteiger partial charge in [0.15, 0.2) is 0 Å². The molecule has 1 heterocycles. The number of nitrogen functional groups attached to an aromatic ring is 1. The van der Waals surface area contributed by atoms with Crippen LogP contribution in [0.3, 0.4) is 0 Å². The van der Waals surface area contributed by atoms with E-state index < -0.39 is 11.2 Å². The van der Waals surface area contributed by atoms with Gasteiger partial charge in [-0.1, -0.05) is 103 Å². The number of anilines is 1. The maximum Gasteiger partial charge on any atom is 0.214 e. The molecule has 0 unspecified atom stereocenters. The number of aromatic nitrogens is 4. The van der Waals surface area contributed by atoms with Crippen LogP contribution in [0.5, 0.6) is 0 Å². The van der Waals surface area contributed by atoms with Gasteiger partial charge in [-0.05, 0) is 114 Å².